The molecule has 1 heterocycles. The Morgan fingerprint density at radius 2 is 1.96 bits per heavy atom. The Kier molecular flexibility index (Phi) is 4.36. The molecule has 3 rings (SSSR count). The number of carboxylic acid groups (broad SMARTS) is 1. The van der Waals surface area contributed by atoms with E-state index in [1.54, 1.807) is 0 Å². The Labute approximate surface area is 140 Å². The molecule has 5 nitrogen and oxygen atoms in total. The number of nitrogens with zero attached hydrogens (tertiary/aromatic N) is 2. The normalized spacial score (nSPS) is 12.5. The summed E-state index contributed by atoms with van der Waals surface area (Å²) in [5.41, 5.74) is 4.77. The van der Waals surface area contributed by atoms with Gasteiger partial charge in [0.15, 0.2) is 0 Å². The highest BCUT2D eigenvalue weighted by molar-refractivity contribution is 5.82. The maximum atomic E-state index is 11.8. The largest absolute Gasteiger partial charge is 0.480 e. The summed E-state index contributed by atoms with van der Waals surface area (Å²) in [6.45, 7) is 4.34. The van der Waals surface area contributed by atoms with Crippen LogP contribution in [-0.4, -0.2) is 20.9 Å². The van der Waals surface area contributed by atoms with Gasteiger partial charge >= 0.3 is 5.97 Å². The summed E-state index contributed by atoms with van der Waals surface area (Å²) in [7, 11) is 1.89. The van der Waals surface area contributed by atoms with Crippen LogP contribution in [0.1, 0.15) is 28.4 Å². The van der Waals surface area contributed by atoms with Gasteiger partial charge in [0.05, 0.1) is 11.2 Å². The minimum absolute atomic E-state index is 0.395. The predicted octanol–water partition coefficient (Wildman–Crippen LogP) is 3.11. The van der Waals surface area contributed by atoms with E-state index in [1.807, 2.05) is 68.0 Å². The predicted molar refractivity (Wildman–Crippen MR) is 93.8 cm³/mol. The molecule has 124 valence electrons. The lowest BCUT2D eigenvalue weighted by Gasteiger charge is -2.17. The molecule has 0 amide bonds. The monoisotopic (exact) mass is 323 g/mol. The average molecular weight is 323 g/mol. The highest BCUT2D eigenvalue weighted by Crippen LogP contribution is 2.23. The molecule has 2 aromatic carbocycles. The van der Waals surface area contributed by atoms with Crippen LogP contribution in [0.5, 0.6) is 0 Å². The minimum atomic E-state index is -0.885. The van der Waals surface area contributed by atoms with Gasteiger partial charge < -0.3 is 5.11 Å². The number of benzene rings is 2. The summed E-state index contributed by atoms with van der Waals surface area (Å²) < 4.78 is 1.82. The second-order valence-electron chi connectivity index (χ2n) is 6.03. The van der Waals surface area contributed by atoms with Crippen LogP contribution < -0.4 is 5.32 Å². The van der Waals surface area contributed by atoms with E-state index < -0.39 is 12.0 Å². The van der Waals surface area contributed by atoms with Gasteiger partial charge in [0.2, 0.25) is 0 Å². The van der Waals surface area contributed by atoms with Crippen molar-refractivity contribution in [2.45, 2.75) is 26.4 Å². The van der Waals surface area contributed by atoms with Crippen LogP contribution in [0.25, 0.3) is 10.9 Å². The van der Waals surface area contributed by atoms with Gasteiger partial charge in [-0.2, -0.15) is 5.10 Å². The number of para-hydroxylation sites is 1. The molecule has 0 saturated carbocycles. The number of aryl methyl sites for hydroxylation is 2. The highest BCUT2D eigenvalue weighted by Gasteiger charge is 2.22. The Balaban J connectivity index is 1.89. The van der Waals surface area contributed by atoms with E-state index in [4.69, 9.17) is 0 Å². The number of hydrogen-bond donors (Lipinski definition) is 2. The third kappa shape index (κ3) is 2.90. The van der Waals surface area contributed by atoms with Crippen LogP contribution in [0.15, 0.2) is 42.5 Å². The summed E-state index contributed by atoms with van der Waals surface area (Å²) >= 11 is 0. The maximum absolute atomic E-state index is 11.8. The Bertz CT molecular complexity index is 899. The fourth-order valence-corrected chi connectivity index (χ4v) is 3.03. The van der Waals surface area contributed by atoms with Crippen molar-refractivity contribution in [3.63, 3.8) is 0 Å². The molecule has 5 heteroatoms. The molecule has 0 aliphatic rings. The topological polar surface area (TPSA) is 67.2 Å². The van der Waals surface area contributed by atoms with E-state index >= 15 is 0 Å². The van der Waals surface area contributed by atoms with Crippen molar-refractivity contribution in [3.05, 3.63) is 64.8 Å². The number of carboxylic acids is 1. The summed E-state index contributed by atoms with van der Waals surface area (Å²) in [5.74, 6) is -0.885. The number of aromatic nitrogens is 2. The average Bonchev–Trinajstić information content (AvgIpc) is 2.88. The molecule has 0 aliphatic heterocycles. The molecule has 0 radical (unpaired) electrons. The van der Waals surface area contributed by atoms with Gasteiger partial charge in [0, 0.05) is 19.0 Å². The van der Waals surface area contributed by atoms with Crippen molar-refractivity contribution < 1.29 is 9.90 Å². The lowest BCUT2D eigenvalue weighted by Crippen LogP contribution is -2.29. The van der Waals surface area contributed by atoms with Crippen LogP contribution in [0, 0.1) is 13.8 Å². The molecule has 1 atom stereocenters. The van der Waals surface area contributed by atoms with E-state index in [0.717, 1.165) is 33.3 Å². The van der Waals surface area contributed by atoms with Crippen molar-refractivity contribution in [1.29, 1.82) is 0 Å². The highest BCUT2D eigenvalue weighted by atomic mass is 16.4. The lowest BCUT2D eigenvalue weighted by atomic mass is 9.97. The molecular weight excluding hydrogens is 302 g/mol. The Morgan fingerprint density at radius 1 is 1.21 bits per heavy atom. The van der Waals surface area contributed by atoms with Crippen LogP contribution in [0.2, 0.25) is 0 Å². The third-order valence-electron chi connectivity index (χ3n) is 4.51. The van der Waals surface area contributed by atoms with Crippen molar-refractivity contribution in [1.82, 2.24) is 15.1 Å². The van der Waals surface area contributed by atoms with Gasteiger partial charge in [-0.25, -0.2) is 0 Å². The van der Waals surface area contributed by atoms with Crippen molar-refractivity contribution in [3.8, 4) is 0 Å². The minimum Gasteiger partial charge on any atom is -0.480 e. The molecule has 0 fully saturated rings. The van der Waals surface area contributed by atoms with Crippen LogP contribution >= 0.6 is 0 Å². The number of hydrogen-bond acceptors (Lipinski definition) is 3. The number of aliphatic carboxylic acids is 1. The number of nitrogens with one attached hydrogen (secondary N) is 1. The number of carbonyl (C=O) groups is 1. The maximum Gasteiger partial charge on any atom is 0.325 e. The second-order valence-corrected chi connectivity index (χ2v) is 6.03. The Hall–Kier alpha value is -2.66. The number of fused-ring (bicyclic) bond motifs is 1. The first-order chi connectivity index (χ1) is 11.5. The molecule has 0 bridgehead atoms. The van der Waals surface area contributed by atoms with Crippen molar-refractivity contribution >= 4 is 16.9 Å². The first-order valence-corrected chi connectivity index (χ1v) is 7.92. The standard InChI is InChI=1S/C19H21N3O2/c1-12-7-6-9-14(13(12)2)18(19(23)24)20-11-16-15-8-4-5-10-17(15)22(3)21-16/h4-10,18,20H,11H2,1-3H3,(H,23,24). The molecule has 0 saturated heterocycles. The molecule has 0 spiro atoms. The van der Waals surface area contributed by atoms with Crippen LogP contribution in [-0.2, 0) is 18.4 Å². The lowest BCUT2D eigenvalue weighted by molar-refractivity contribution is -0.139. The first kappa shape index (κ1) is 16.2. The second kappa shape index (κ2) is 6.45. The molecule has 2 N–H and O–H groups in total. The van der Waals surface area contributed by atoms with Gasteiger partial charge in [0.1, 0.15) is 6.04 Å². The van der Waals surface area contributed by atoms with Crippen molar-refractivity contribution in [2.75, 3.05) is 0 Å². The van der Waals surface area contributed by atoms with Gasteiger partial charge in [0.25, 0.3) is 0 Å². The molecule has 0 aliphatic carbocycles. The van der Waals surface area contributed by atoms with Gasteiger partial charge in [-0.15, -0.1) is 0 Å². The van der Waals surface area contributed by atoms with E-state index in [2.05, 4.69) is 10.4 Å². The quantitative estimate of drug-likeness (QED) is 0.757. The van der Waals surface area contributed by atoms with Crippen molar-refractivity contribution in [2.24, 2.45) is 7.05 Å². The molecule has 24 heavy (non-hydrogen) atoms. The third-order valence-corrected chi connectivity index (χ3v) is 4.51. The molecule has 3 aromatic rings. The SMILES string of the molecule is Cc1cccc(C(NCc2nn(C)c3ccccc23)C(=O)O)c1C. The molecule has 1 aromatic heterocycles. The van der Waals surface area contributed by atoms with E-state index in [9.17, 15) is 9.90 Å². The van der Waals surface area contributed by atoms with E-state index in [0.29, 0.717) is 6.54 Å². The zero-order valence-electron chi connectivity index (χ0n) is 14.1. The van der Waals surface area contributed by atoms with Crippen LogP contribution in [0.3, 0.4) is 0 Å². The Morgan fingerprint density at radius 3 is 2.71 bits per heavy atom. The van der Waals surface area contributed by atoms with E-state index in [-0.39, 0.29) is 0 Å². The summed E-state index contributed by atoms with van der Waals surface area (Å²) in [6.07, 6.45) is 0. The fraction of sp³-hybridized carbons (Fsp3) is 0.263. The summed E-state index contributed by atoms with van der Waals surface area (Å²) in [5, 5.41) is 18.4. The fourth-order valence-electron chi connectivity index (χ4n) is 3.03. The summed E-state index contributed by atoms with van der Waals surface area (Å²) in [4.78, 5) is 11.8. The van der Waals surface area contributed by atoms with Gasteiger partial charge in [-0.3, -0.25) is 14.8 Å². The van der Waals surface area contributed by atoms with E-state index in [1.165, 1.54) is 0 Å². The zero-order valence-corrected chi connectivity index (χ0v) is 14.1. The number of rotatable bonds is 5. The van der Waals surface area contributed by atoms with Gasteiger partial charge in [-0.05, 0) is 36.6 Å². The summed E-state index contributed by atoms with van der Waals surface area (Å²) in [6, 6.07) is 12.9. The van der Waals surface area contributed by atoms with Crippen LogP contribution in [0.4, 0.5) is 0 Å². The smallest absolute Gasteiger partial charge is 0.325 e. The molecular formula is C19H21N3O2. The van der Waals surface area contributed by atoms with Gasteiger partial charge in [-0.1, -0.05) is 36.4 Å². The zero-order chi connectivity index (χ0) is 17.3. The first-order valence-electron chi connectivity index (χ1n) is 7.92. The molecule has 1 unspecified atom stereocenters.